The van der Waals surface area contributed by atoms with Crippen LogP contribution in [0.25, 0.3) is 10.9 Å². The van der Waals surface area contributed by atoms with Crippen LogP contribution in [0.4, 0.5) is 0 Å². The van der Waals surface area contributed by atoms with E-state index in [2.05, 4.69) is 41.9 Å². The fourth-order valence-electron chi connectivity index (χ4n) is 1.95. The lowest BCUT2D eigenvalue weighted by molar-refractivity contribution is 0.633. The molecule has 100 valence electrons. The highest BCUT2D eigenvalue weighted by atomic mass is 79.9. The van der Waals surface area contributed by atoms with Gasteiger partial charge in [-0.2, -0.15) is 5.10 Å². The molecule has 0 aliphatic rings. The number of nitrogens with zero attached hydrogens (tertiary/aromatic N) is 3. The Bertz CT molecular complexity index is 845. The van der Waals surface area contributed by atoms with Gasteiger partial charge in [-0.05, 0) is 55.6 Å². The third kappa shape index (κ3) is 2.53. The Morgan fingerprint density at radius 2 is 2.05 bits per heavy atom. The van der Waals surface area contributed by atoms with Crippen LogP contribution in [-0.4, -0.2) is 14.8 Å². The normalized spacial score (nSPS) is 10.9. The first-order valence-corrected chi connectivity index (χ1v) is 7.48. The minimum atomic E-state index is -0.161. The number of pyridine rings is 1. The maximum Gasteiger partial charge on any atom is 0.282 e. The Morgan fingerprint density at radius 1 is 1.20 bits per heavy atom. The second kappa shape index (κ2) is 5.46. The van der Waals surface area contributed by atoms with Crippen molar-refractivity contribution in [2.45, 2.75) is 6.54 Å². The van der Waals surface area contributed by atoms with E-state index >= 15 is 0 Å². The molecule has 0 N–H and O–H groups in total. The standard InChI is InChI=1S/C14H9Br2N3O/c15-11-7-18-19(14(20)13(11)16)8-9-3-4-12-10(6-9)2-1-5-17-12/h1-7H,8H2. The van der Waals surface area contributed by atoms with Crippen LogP contribution in [-0.2, 0) is 6.54 Å². The van der Waals surface area contributed by atoms with Gasteiger partial charge in [-0.1, -0.05) is 12.1 Å². The van der Waals surface area contributed by atoms with Crippen LogP contribution in [0.15, 0.2) is 56.5 Å². The second-order valence-electron chi connectivity index (χ2n) is 4.30. The Labute approximate surface area is 131 Å². The lowest BCUT2D eigenvalue weighted by atomic mass is 10.1. The highest BCUT2D eigenvalue weighted by Gasteiger charge is 2.07. The molecule has 0 radical (unpaired) electrons. The second-order valence-corrected chi connectivity index (χ2v) is 5.95. The van der Waals surface area contributed by atoms with Crippen LogP contribution >= 0.6 is 31.9 Å². The van der Waals surface area contributed by atoms with E-state index in [0.29, 0.717) is 15.5 Å². The highest BCUT2D eigenvalue weighted by molar-refractivity contribution is 9.13. The summed E-state index contributed by atoms with van der Waals surface area (Å²) in [5.74, 6) is 0. The first-order chi connectivity index (χ1) is 9.65. The maximum atomic E-state index is 12.1. The third-order valence-electron chi connectivity index (χ3n) is 2.94. The minimum absolute atomic E-state index is 0.161. The number of benzene rings is 1. The summed E-state index contributed by atoms with van der Waals surface area (Å²) in [5.41, 5.74) is 1.79. The summed E-state index contributed by atoms with van der Waals surface area (Å²) in [5, 5.41) is 5.18. The average Bonchev–Trinajstić information content (AvgIpc) is 2.48. The first-order valence-electron chi connectivity index (χ1n) is 5.90. The monoisotopic (exact) mass is 393 g/mol. The molecule has 4 nitrogen and oxygen atoms in total. The van der Waals surface area contributed by atoms with Gasteiger partial charge in [-0.15, -0.1) is 0 Å². The quantitative estimate of drug-likeness (QED) is 0.669. The fourth-order valence-corrected chi connectivity index (χ4v) is 2.52. The van der Waals surface area contributed by atoms with Crippen molar-refractivity contribution in [3.05, 3.63) is 67.6 Å². The van der Waals surface area contributed by atoms with Crippen molar-refractivity contribution >= 4 is 42.8 Å². The number of hydrogen-bond donors (Lipinski definition) is 0. The molecule has 0 amide bonds. The van der Waals surface area contributed by atoms with Crippen molar-refractivity contribution in [1.82, 2.24) is 14.8 Å². The molecule has 0 bridgehead atoms. The number of aromatic nitrogens is 3. The van der Waals surface area contributed by atoms with Crippen LogP contribution in [0.1, 0.15) is 5.56 Å². The van der Waals surface area contributed by atoms with Crippen LogP contribution < -0.4 is 5.56 Å². The lowest BCUT2D eigenvalue weighted by Crippen LogP contribution is -2.24. The zero-order valence-electron chi connectivity index (χ0n) is 10.3. The molecule has 3 rings (SSSR count). The van der Waals surface area contributed by atoms with E-state index in [1.807, 2.05) is 30.3 Å². The van der Waals surface area contributed by atoms with Gasteiger partial charge in [0.1, 0.15) is 4.47 Å². The average molecular weight is 395 g/mol. The molecule has 0 unspecified atom stereocenters. The number of halogens is 2. The Balaban J connectivity index is 2.01. The number of rotatable bonds is 2. The summed E-state index contributed by atoms with van der Waals surface area (Å²) in [4.78, 5) is 16.3. The van der Waals surface area contributed by atoms with Crippen molar-refractivity contribution in [2.75, 3.05) is 0 Å². The lowest BCUT2D eigenvalue weighted by Gasteiger charge is -2.07. The van der Waals surface area contributed by atoms with Crippen molar-refractivity contribution in [3.8, 4) is 0 Å². The zero-order chi connectivity index (χ0) is 14.1. The SMILES string of the molecule is O=c1c(Br)c(Br)cnn1Cc1ccc2ncccc2c1. The molecular weight excluding hydrogens is 386 g/mol. The van der Waals surface area contributed by atoms with Gasteiger partial charge in [-0.25, -0.2) is 4.68 Å². The molecule has 0 saturated carbocycles. The van der Waals surface area contributed by atoms with Gasteiger partial charge in [0.15, 0.2) is 0 Å². The van der Waals surface area contributed by atoms with E-state index < -0.39 is 0 Å². The topological polar surface area (TPSA) is 47.8 Å². The summed E-state index contributed by atoms with van der Waals surface area (Å²) in [6.07, 6.45) is 3.37. The summed E-state index contributed by atoms with van der Waals surface area (Å²) in [7, 11) is 0. The fraction of sp³-hybridized carbons (Fsp3) is 0.0714. The van der Waals surface area contributed by atoms with Crippen LogP contribution in [0.2, 0.25) is 0 Å². The summed E-state index contributed by atoms with van der Waals surface area (Å²) >= 11 is 6.52. The Hall–Kier alpha value is -1.53. The van der Waals surface area contributed by atoms with Crippen molar-refractivity contribution < 1.29 is 0 Å². The summed E-state index contributed by atoms with van der Waals surface area (Å²) in [6.45, 7) is 0.426. The molecule has 20 heavy (non-hydrogen) atoms. The number of hydrogen-bond acceptors (Lipinski definition) is 3. The predicted molar refractivity (Wildman–Crippen MR) is 84.7 cm³/mol. The molecule has 0 spiro atoms. The largest absolute Gasteiger partial charge is 0.282 e. The summed E-state index contributed by atoms with van der Waals surface area (Å²) in [6, 6.07) is 9.82. The van der Waals surface area contributed by atoms with Gasteiger partial charge in [-0.3, -0.25) is 9.78 Å². The van der Waals surface area contributed by atoms with E-state index in [-0.39, 0.29) is 5.56 Å². The van der Waals surface area contributed by atoms with Crippen LogP contribution in [0.5, 0.6) is 0 Å². The van der Waals surface area contributed by atoms with Gasteiger partial charge < -0.3 is 0 Å². The molecule has 0 atom stereocenters. The molecule has 0 aliphatic carbocycles. The van der Waals surface area contributed by atoms with Crippen molar-refractivity contribution in [1.29, 1.82) is 0 Å². The zero-order valence-corrected chi connectivity index (χ0v) is 13.4. The van der Waals surface area contributed by atoms with Crippen LogP contribution in [0.3, 0.4) is 0 Å². The molecule has 3 aromatic rings. The third-order valence-corrected chi connectivity index (χ3v) is 4.84. The van der Waals surface area contributed by atoms with Gasteiger partial charge >= 0.3 is 0 Å². The molecule has 0 aliphatic heterocycles. The Morgan fingerprint density at radius 3 is 2.90 bits per heavy atom. The van der Waals surface area contributed by atoms with Crippen molar-refractivity contribution in [3.63, 3.8) is 0 Å². The highest BCUT2D eigenvalue weighted by Crippen LogP contribution is 2.17. The van der Waals surface area contributed by atoms with E-state index in [1.54, 1.807) is 12.4 Å². The Kier molecular flexibility index (Phi) is 3.67. The summed E-state index contributed by atoms with van der Waals surface area (Å²) < 4.78 is 2.56. The maximum absolute atomic E-state index is 12.1. The molecule has 2 heterocycles. The molecule has 0 saturated heterocycles. The first kappa shape index (κ1) is 13.5. The van der Waals surface area contributed by atoms with E-state index in [4.69, 9.17) is 0 Å². The van der Waals surface area contributed by atoms with Gasteiger partial charge in [0.25, 0.3) is 5.56 Å². The van der Waals surface area contributed by atoms with E-state index in [0.717, 1.165) is 16.5 Å². The molecular formula is C14H9Br2N3O. The van der Waals surface area contributed by atoms with Gasteiger partial charge in [0.2, 0.25) is 0 Å². The van der Waals surface area contributed by atoms with Gasteiger partial charge in [0, 0.05) is 11.6 Å². The van der Waals surface area contributed by atoms with Gasteiger partial charge in [0.05, 0.1) is 22.7 Å². The molecule has 2 aromatic heterocycles. The smallest absolute Gasteiger partial charge is 0.266 e. The van der Waals surface area contributed by atoms with Crippen LogP contribution in [0, 0.1) is 0 Å². The molecule has 1 aromatic carbocycles. The van der Waals surface area contributed by atoms with Crippen molar-refractivity contribution in [2.24, 2.45) is 0 Å². The predicted octanol–water partition coefficient (Wildman–Crippen LogP) is 3.36. The molecule has 0 fully saturated rings. The van der Waals surface area contributed by atoms with E-state index in [1.165, 1.54) is 4.68 Å². The number of fused-ring (bicyclic) bond motifs is 1. The van der Waals surface area contributed by atoms with E-state index in [9.17, 15) is 4.79 Å². The minimum Gasteiger partial charge on any atom is -0.266 e. The molecule has 6 heteroatoms.